The van der Waals surface area contributed by atoms with Crippen LogP contribution in [0.3, 0.4) is 0 Å². The first-order chi connectivity index (χ1) is 16.1. The van der Waals surface area contributed by atoms with Gasteiger partial charge in [0.25, 0.3) is 11.5 Å². The van der Waals surface area contributed by atoms with Gasteiger partial charge in [0, 0.05) is 49.0 Å². The molecule has 0 N–H and O–H groups in total. The number of pyridine rings is 1. The number of rotatable bonds is 4. The number of carbonyl (C=O) groups is 2. The number of thiophene rings is 1. The second kappa shape index (κ2) is 8.95. The lowest BCUT2D eigenvalue weighted by Gasteiger charge is -2.34. The number of carbonyl (C=O) groups excluding carboxylic acids is 2. The first kappa shape index (κ1) is 21.0. The smallest absolute Gasteiger partial charge is 0.262 e. The van der Waals surface area contributed by atoms with Crippen molar-refractivity contribution in [2.45, 2.75) is 6.54 Å². The van der Waals surface area contributed by atoms with Crippen molar-refractivity contribution in [3.8, 4) is 10.4 Å². The van der Waals surface area contributed by atoms with Gasteiger partial charge in [-0.05, 0) is 23.8 Å². The fourth-order valence-electron chi connectivity index (χ4n) is 3.90. The number of piperazine rings is 1. The van der Waals surface area contributed by atoms with E-state index in [9.17, 15) is 14.4 Å². The number of benzene rings is 1. The minimum atomic E-state index is -0.224. The van der Waals surface area contributed by atoms with E-state index in [2.05, 4.69) is 9.97 Å². The maximum absolute atomic E-state index is 13.0. The molecule has 0 saturated carbocycles. The average Bonchev–Trinajstić information content (AvgIpc) is 3.32. The van der Waals surface area contributed by atoms with Crippen molar-refractivity contribution < 1.29 is 9.59 Å². The van der Waals surface area contributed by atoms with Crippen molar-refractivity contribution in [2.75, 3.05) is 26.2 Å². The Labute approximate surface area is 193 Å². The number of hydrogen-bond acceptors (Lipinski definition) is 6. The van der Waals surface area contributed by atoms with E-state index in [4.69, 9.17) is 0 Å². The molecule has 0 bridgehead atoms. The zero-order valence-electron chi connectivity index (χ0n) is 17.8. The Hall–Kier alpha value is -3.85. The van der Waals surface area contributed by atoms with Crippen LogP contribution in [0.2, 0.25) is 0 Å². The summed E-state index contributed by atoms with van der Waals surface area (Å²) in [4.78, 5) is 51.8. The highest BCUT2D eigenvalue weighted by molar-refractivity contribution is 7.21. The van der Waals surface area contributed by atoms with Crippen molar-refractivity contribution in [1.29, 1.82) is 0 Å². The van der Waals surface area contributed by atoms with E-state index in [1.54, 1.807) is 34.3 Å². The van der Waals surface area contributed by atoms with Gasteiger partial charge < -0.3 is 9.80 Å². The summed E-state index contributed by atoms with van der Waals surface area (Å²) < 4.78 is 1.36. The van der Waals surface area contributed by atoms with E-state index in [-0.39, 0.29) is 23.9 Å². The van der Waals surface area contributed by atoms with Crippen LogP contribution in [0.25, 0.3) is 20.7 Å². The third kappa shape index (κ3) is 4.27. The zero-order valence-corrected chi connectivity index (χ0v) is 18.6. The molecule has 1 fully saturated rings. The zero-order chi connectivity index (χ0) is 22.8. The van der Waals surface area contributed by atoms with Crippen molar-refractivity contribution in [1.82, 2.24) is 24.3 Å². The molecule has 9 heteroatoms. The summed E-state index contributed by atoms with van der Waals surface area (Å²) in [6.45, 7) is 1.68. The second-order valence-corrected chi connectivity index (χ2v) is 8.81. The van der Waals surface area contributed by atoms with Crippen LogP contribution in [0.1, 0.15) is 10.4 Å². The highest BCUT2D eigenvalue weighted by Gasteiger charge is 2.25. The number of fused-ring (bicyclic) bond motifs is 1. The Kier molecular flexibility index (Phi) is 5.70. The molecule has 8 nitrogen and oxygen atoms in total. The normalized spacial score (nSPS) is 13.9. The van der Waals surface area contributed by atoms with Crippen LogP contribution in [0.15, 0.2) is 72.0 Å². The third-order valence-corrected chi connectivity index (χ3v) is 6.82. The van der Waals surface area contributed by atoms with Gasteiger partial charge in [0.15, 0.2) is 0 Å². The molecule has 0 atom stereocenters. The lowest BCUT2D eigenvalue weighted by Crippen LogP contribution is -2.51. The maximum atomic E-state index is 13.0. The minimum Gasteiger partial charge on any atom is -0.338 e. The summed E-state index contributed by atoms with van der Waals surface area (Å²) in [7, 11) is 0. The molecule has 1 aliphatic heterocycles. The molecule has 2 amide bonds. The van der Waals surface area contributed by atoms with Crippen molar-refractivity contribution in [3.05, 3.63) is 83.2 Å². The number of hydrogen-bond donors (Lipinski definition) is 0. The van der Waals surface area contributed by atoms with Crippen LogP contribution in [-0.2, 0) is 11.3 Å². The first-order valence-electron chi connectivity index (χ1n) is 10.6. The van der Waals surface area contributed by atoms with Gasteiger partial charge in [-0.15, -0.1) is 11.3 Å². The summed E-state index contributed by atoms with van der Waals surface area (Å²) in [5.41, 5.74) is 1.39. The molecule has 1 saturated heterocycles. The predicted octanol–water partition coefficient (Wildman–Crippen LogP) is 2.50. The second-order valence-electron chi connectivity index (χ2n) is 7.78. The van der Waals surface area contributed by atoms with E-state index in [0.29, 0.717) is 42.0 Å². The van der Waals surface area contributed by atoms with Gasteiger partial charge in [0.1, 0.15) is 11.4 Å². The summed E-state index contributed by atoms with van der Waals surface area (Å²) >= 11 is 1.46. The average molecular weight is 460 g/mol. The molecule has 166 valence electrons. The Morgan fingerprint density at radius 3 is 2.36 bits per heavy atom. The summed E-state index contributed by atoms with van der Waals surface area (Å²) in [5, 5.41) is 0.516. The SMILES string of the molecule is O=C(Cn1cnc2sc(-c3ccccc3)cc2c1=O)N1CCN(C(=O)c2ccncc2)CC1. The van der Waals surface area contributed by atoms with E-state index in [1.807, 2.05) is 36.4 Å². The highest BCUT2D eigenvalue weighted by atomic mass is 32.1. The van der Waals surface area contributed by atoms with Gasteiger partial charge in [-0.1, -0.05) is 30.3 Å². The van der Waals surface area contributed by atoms with Crippen LogP contribution >= 0.6 is 11.3 Å². The predicted molar refractivity (Wildman–Crippen MR) is 126 cm³/mol. The molecule has 5 rings (SSSR count). The molecule has 33 heavy (non-hydrogen) atoms. The highest BCUT2D eigenvalue weighted by Crippen LogP contribution is 2.30. The lowest BCUT2D eigenvalue weighted by atomic mass is 10.2. The van der Waals surface area contributed by atoms with Gasteiger partial charge in [0.05, 0.1) is 11.7 Å². The van der Waals surface area contributed by atoms with Crippen LogP contribution < -0.4 is 5.56 Å². The van der Waals surface area contributed by atoms with Crippen LogP contribution in [0.5, 0.6) is 0 Å². The molecular weight excluding hydrogens is 438 g/mol. The van der Waals surface area contributed by atoms with E-state index in [1.165, 1.54) is 22.2 Å². The van der Waals surface area contributed by atoms with E-state index >= 15 is 0 Å². The molecule has 1 aliphatic rings. The quantitative estimate of drug-likeness (QED) is 0.468. The third-order valence-electron chi connectivity index (χ3n) is 5.73. The molecule has 1 aromatic carbocycles. The first-order valence-corrected chi connectivity index (χ1v) is 11.4. The van der Waals surface area contributed by atoms with Crippen molar-refractivity contribution in [3.63, 3.8) is 0 Å². The summed E-state index contributed by atoms with van der Waals surface area (Å²) in [5.74, 6) is -0.227. The van der Waals surface area contributed by atoms with Gasteiger partial charge in [0.2, 0.25) is 5.91 Å². The standard InChI is InChI=1S/C24H21N5O3S/c30-21(27-10-12-28(13-11-27)23(31)18-6-8-25-9-7-18)15-29-16-26-22-19(24(29)32)14-20(33-22)17-4-2-1-3-5-17/h1-9,14,16H,10-13,15H2. The fraction of sp³-hybridized carbons (Fsp3) is 0.208. The molecule has 4 aromatic rings. The number of nitrogens with zero attached hydrogens (tertiary/aromatic N) is 5. The van der Waals surface area contributed by atoms with Crippen molar-refractivity contribution in [2.24, 2.45) is 0 Å². The Morgan fingerprint density at radius 1 is 0.939 bits per heavy atom. The van der Waals surface area contributed by atoms with Crippen LogP contribution in [-0.4, -0.2) is 62.3 Å². The Bertz CT molecular complexity index is 1360. The van der Waals surface area contributed by atoms with Gasteiger partial charge >= 0.3 is 0 Å². The van der Waals surface area contributed by atoms with E-state index in [0.717, 1.165) is 10.4 Å². The molecular formula is C24H21N5O3S. The minimum absolute atomic E-state index is 0.0675. The van der Waals surface area contributed by atoms with Crippen LogP contribution in [0.4, 0.5) is 0 Å². The molecule has 0 radical (unpaired) electrons. The van der Waals surface area contributed by atoms with Crippen molar-refractivity contribution >= 4 is 33.4 Å². The maximum Gasteiger partial charge on any atom is 0.262 e. The molecule has 3 aromatic heterocycles. The molecule has 0 aliphatic carbocycles. The van der Waals surface area contributed by atoms with Crippen LogP contribution in [0, 0.1) is 0 Å². The number of aromatic nitrogens is 3. The van der Waals surface area contributed by atoms with Gasteiger partial charge in [-0.25, -0.2) is 4.98 Å². The Morgan fingerprint density at radius 2 is 1.64 bits per heavy atom. The lowest BCUT2D eigenvalue weighted by molar-refractivity contribution is -0.133. The summed E-state index contributed by atoms with van der Waals surface area (Å²) in [6, 6.07) is 15.0. The molecule has 4 heterocycles. The van der Waals surface area contributed by atoms with Gasteiger partial charge in [-0.3, -0.25) is 23.9 Å². The number of amides is 2. The topological polar surface area (TPSA) is 88.4 Å². The Balaban J connectivity index is 1.26. The van der Waals surface area contributed by atoms with Gasteiger partial charge in [-0.2, -0.15) is 0 Å². The monoisotopic (exact) mass is 459 g/mol. The largest absolute Gasteiger partial charge is 0.338 e. The fourth-order valence-corrected chi connectivity index (χ4v) is 4.89. The molecule has 0 spiro atoms. The summed E-state index contributed by atoms with van der Waals surface area (Å²) in [6.07, 6.45) is 4.62. The van der Waals surface area contributed by atoms with E-state index < -0.39 is 0 Å². The molecule has 0 unspecified atom stereocenters.